The van der Waals surface area contributed by atoms with Gasteiger partial charge in [-0.1, -0.05) is 13.8 Å². The van der Waals surface area contributed by atoms with Gasteiger partial charge in [-0.25, -0.2) is 4.98 Å². The zero-order valence-electron chi connectivity index (χ0n) is 9.82. The van der Waals surface area contributed by atoms with E-state index < -0.39 is 0 Å². The number of anilines is 1. The molecule has 1 aromatic rings. The molecule has 3 heteroatoms. The Morgan fingerprint density at radius 3 is 2.80 bits per heavy atom. The van der Waals surface area contributed by atoms with E-state index in [1.54, 1.807) is 6.20 Å². The van der Waals surface area contributed by atoms with Crippen LogP contribution in [0.3, 0.4) is 0 Å². The van der Waals surface area contributed by atoms with E-state index in [4.69, 9.17) is 0 Å². The van der Waals surface area contributed by atoms with Gasteiger partial charge in [-0.2, -0.15) is 0 Å². The molecular weight excluding hydrogens is 186 g/mol. The highest BCUT2D eigenvalue weighted by atomic mass is 15.2. The summed E-state index contributed by atoms with van der Waals surface area (Å²) in [6, 6.07) is 0. The number of aromatic nitrogens is 2. The fourth-order valence-electron chi connectivity index (χ4n) is 2.22. The van der Waals surface area contributed by atoms with Gasteiger partial charge >= 0.3 is 0 Å². The third-order valence-corrected chi connectivity index (χ3v) is 2.97. The summed E-state index contributed by atoms with van der Waals surface area (Å²) in [5.41, 5.74) is 1.40. The van der Waals surface area contributed by atoms with Crippen molar-refractivity contribution in [2.45, 2.75) is 33.6 Å². The molecular formula is C12H19N3. The third-order valence-electron chi connectivity index (χ3n) is 2.97. The van der Waals surface area contributed by atoms with Gasteiger partial charge in [0.1, 0.15) is 5.82 Å². The summed E-state index contributed by atoms with van der Waals surface area (Å²) in [4.78, 5) is 11.1. The molecule has 0 unspecified atom stereocenters. The van der Waals surface area contributed by atoms with Crippen molar-refractivity contribution in [1.82, 2.24) is 9.97 Å². The van der Waals surface area contributed by atoms with Crippen LogP contribution in [0.25, 0.3) is 0 Å². The monoisotopic (exact) mass is 205 g/mol. The summed E-state index contributed by atoms with van der Waals surface area (Å²) in [7, 11) is 0. The van der Waals surface area contributed by atoms with Crippen LogP contribution in [-0.4, -0.2) is 23.1 Å². The standard InChI is InChI=1S/C12H19N3/c1-10-7-13-8-11(14-10)15-6-4-5-12(2,3)9-15/h7-8H,4-6,9H2,1-3H3. The maximum atomic E-state index is 4.53. The first-order chi connectivity index (χ1) is 7.07. The molecule has 0 radical (unpaired) electrons. The highest BCUT2D eigenvalue weighted by Gasteiger charge is 2.27. The smallest absolute Gasteiger partial charge is 0.147 e. The third kappa shape index (κ3) is 2.46. The Morgan fingerprint density at radius 1 is 1.33 bits per heavy atom. The summed E-state index contributed by atoms with van der Waals surface area (Å²) in [5, 5.41) is 0. The molecule has 2 heterocycles. The predicted octanol–water partition coefficient (Wildman–Crippen LogP) is 2.41. The molecule has 0 bridgehead atoms. The van der Waals surface area contributed by atoms with Crippen molar-refractivity contribution in [3.8, 4) is 0 Å². The Labute approximate surface area is 91.5 Å². The lowest BCUT2D eigenvalue weighted by atomic mass is 9.84. The van der Waals surface area contributed by atoms with Gasteiger partial charge in [0.25, 0.3) is 0 Å². The van der Waals surface area contributed by atoms with Crippen LogP contribution in [0.1, 0.15) is 32.4 Å². The largest absolute Gasteiger partial charge is 0.355 e. The first-order valence-electron chi connectivity index (χ1n) is 5.60. The number of hydrogen-bond donors (Lipinski definition) is 0. The Balaban J connectivity index is 2.17. The number of aryl methyl sites for hydroxylation is 1. The highest BCUT2D eigenvalue weighted by Crippen LogP contribution is 2.30. The molecule has 0 atom stereocenters. The molecule has 0 N–H and O–H groups in total. The average Bonchev–Trinajstić information content (AvgIpc) is 2.16. The van der Waals surface area contributed by atoms with Gasteiger partial charge in [0.2, 0.25) is 0 Å². The van der Waals surface area contributed by atoms with Crippen molar-refractivity contribution in [2.24, 2.45) is 5.41 Å². The van der Waals surface area contributed by atoms with Crippen molar-refractivity contribution in [3.63, 3.8) is 0 Å². The zero-order valence-corrected chi connectivity index (χ0v) is 9.82. The molecule has 1 aliphatic rings. The molecule has 2 rings (SSSR count). The van der Waals surface area contributed by atoms with Gasteiger partial charge in [-0.15, -0.1) is 0 Å². The molecule has 82 valence electrons. The molecule has 0 aliphatic carbocycles. The van der Waals surface area contributed by atoms with Crippen molar-refractivity contribution >= 4 is 5.82 Å². The molecule has 0 spiro atoms. The number of rotatable bonds is 1. The van der Waals surface area contributed by atoms with Crippen LogP contribution in [0, 0.1) is 12.3 Å². The molecule has 1 aromatic heterocycles. The van der Waals surface area contributed by atoms with Gasteiger partial charge in [-0.05, 0) is 25.2 Å². The molecule has 0 aromatic carbocycles. The SMILES string of the molecule is Cc1cncc(N2CCCC(C)(C)C2)n1. The van der Waals surface area contributed by atoms with Crippen molar-refractivity contribution < 1.29 is 0 Å². The average molecular weight is 205 g/mol. The van der Waals surface area contributed by atoms with Crippen LogP contribution >= 0.6 is 0 Å². The Morgan fingerprint density at radius 2 is 2.13 bits per heavy atom. The van der Waals surface area contributed by atoms with E-state index in [2.05, 4.69) is 28.7 Å². The van der Waals surface area contributed by atoms with Gasteiger partial charge in [-0.3, -0.25) is 4.98 Å². The maximum absolute atomic E-state index is 4.53. The Hall–Kier alpha value is -1.12. The first kappa shape index (κ1) is 10.4. The van der Waals surface area contributed by atoms with E-state index >= 15 is 0 Å². The molecule has 0 saturated carbocycles. The van der Waals surface area contributed by atoms with E-state index in [0.717, 1.165) is 24.6 Å². The summed E-state index contributed by atoms with van der Waals surface area (Å²) < 4.78 is 0. The Kier molecular flexibility index (Phi) is 2.63. The van der Waals surface area contributed by atoms with Gasteiger partial charge in [0.05, 0.1) is 11.9 Å². The summed E-state index contributed by atoms with van der Waals surface area (Å²) >= 11 is 0. The molecule has 15 heavy (non-hydrogen) atoms. The fourth-order valence-corrected chi connectivity index (χ4v) is 2.22. The topological polar surface area (TPSA) is 29.0 Å². The molecule has 0 amide bonds. The fraction of sp³-hybridized carbons (Fsp3) is 0.667. The minimum Gasteiger partial charge on any atom is -0.355 e. The minimum atomic E-state index is 0.406. The van der Waals surface area contributed by atoms with E-state index in [1.165, 1.54) is 12.8 Å². The normalized spacial score (nSPS) is 20.3. The van der Waals surface area contributed by atoms with E-state index in [9.17, 15) is 0 Å². The summed E-state index contributed by atoms with van der Waals surface area (Å²) in [6.07, 6.45) is 6.23. The second-order valence-electron chi connectivity index (χ2n) is 5.21. The van der Waals surface area contributed by atoms with Crippen LogP contribution in [0.15, 0.2) is 12.4 Å². The minimum absolute atomic E-state index is 0.406. The Bertz CT molecular complexity index is 346. The second kappa shape index (κ2) is 3.80. The van der Waals surface area contributed by atoms with E-state index in [1.807, 2.05) is 13.1 Å². The molecule has 3 nitrogen and oxygen atoms in total. The number of piperidine rings is 1. The molecule has 1 saturated heterocycles. The van der Waals surface area contributed by atoms with Gasteiger partial charge in [0, 0.05) is 19.3 Å². The van der Waals surface area contributed by atoms with Crippen LogP contribution in [-0.2, 0) is 0 Å². The molecule has 1 fully saturated rings. The van der Waals surface area contributed by atoms with Crippen molar-refractivity contribution in [3.05, 3.63) is 18.1 Å². The van der Waals surface area contributed by atoms with Crippen LogP contribution in [0.5, 0.6) is 0 Å². The van der Waals surface area contributed by atoms with E-state index in [-0.39, 0.29) is 0 Å². The van der Waals surface area contributed by atoms with Crippen molar-refractivity contribution in [2.75, 3.05) is 18.0 Å². The maximum Gasteiger partial charge on any atom is 0.147 e. The predicted molar refractivity (Wildman–Crippen MR) is 62.0 cm³/mol. The second-order valence-corrected chi connectivity index (χ2v) is 5.21. The van der Waals surface area contributed by atoms with Crippen LogP contribution in [0.4, 0.5) is 5.82 Å². The number of hydrogen-bond acceptors (Lipinski definition) is 3. The number of nitrogens with zero attached hydrogens (tertiary/aromatic N) is 3. The van der Waals surface area contributed by atoms with Crippen LogP contribution < -0.4 is 4.90 Å². The highest BCUT2D eigenvalue weighted by molar-refractivity contribution is 5.37. The quantitative estimate of drug-likeness (QED) is 0.705. The summed E-state index contributed by atoms with van der Waals surface area (Å²) in [5.74, 6) is 1.03. The summed E-state index contributed by atoms with van der Waals surface area (Å²) in [6.45, 7) is 8.84. The zero-order chi connectivity index (χ0) is 10.9. The lowest BCUT2D eigenvalue weighted by Crippen LogP contribution is -2.40. The van der Waals surface area contributed by atoms with Gasteiger partial charge < -0.3 is 4.90 Å². The van der Waals surface area contributed by atoms with Crippen LogP contribution in [0.2, 0.25) is 0 Å². The first-order valence-corrected chi connectivity index (χ1v) is 5.60. The van der Waals surface area contributed by atoms with E-state index in [0.29, 0.717) is 5.41 Å². The lowest BCUT2D eigenvalue weighted by molar-refractivity contribution is 0.292. The van der Waals surface area contributed by atoms with Gasteiger partial charge in [0.15, 0.2) is 0 Å². The molecule has 1 aliphatic heterocycles. The van der Waals surface area contributed by atoms with Crippen molar-refractivity contribution in [1.29, 1.82) is 0 Å². The lowest BCUT2D eigenvalue weighted by Gasteiger charge is -2.38.